The van der Waals surface area contributed by atoms with E-state index in [1.165, 1.54) is 28.4 Å². The zero-order valence-corrected chi connectivity index (χ0v) is 17.9. The largest absolute Gasteiger partial charge is 0.502 e. The Labute approximate surface area is 182 Å². The van der Waals surface area contributed by atoms with Crippen LogP contribution >= 0.6 is 11.3 Å². The third-order valence-electron chi connectivity index (χ3n) is 5.95. The van der Waals surface area contributed by atoms with Crippen LogP contribution in [0.15, 0.2) is 56.4 Å². The van der Waals surface area contributed by atoms with Gasteiger partial charge in [0.25, 0.3) is 0 Å². The van der Waals surface area contributed by atoms with Crippen molar-refractivity contribution >= 4 is 28.1 Å². The number of amides is 1. The zero-order chi connectivity index (χ0) is 21.5. The first-order valence-corrected chi connectivity index (χ1v) is 11.2. The number of fused-ring (bicyclic) bond motifs is 3. The summed E-state index contributed by atoms with van der Waals surface area (Å²) < 4.78 is 5.74. The Morgan fingerprint density at radius 2 is 2.16 bits per heavy atom. The number of H-pyrrole nitrogens is 1. The van der Waals surface area contributed by atoms with E-state index in [1.54, 1.807) is 6.92 Å². The summed E-state index contributed by atoms with van der Waals surface area (Å²) in [6.07, 6.45) is 0.908. The highest BCUT2D eigenvalue weighted by Gasteiger charge is 2.30. The molecule has 5 rings (SSSR count). The van der Waals surface area contributed by atoms with E-state index in [0.29, 0.717) is 18.8 Å². The smallest absolute Gasteiger partial charge is 0.227 e. The van der Waals surface area contributed by atoms with Crippen LogP contribution in [0.2, 0.25) is 0 Å². The third kappa shape index (κ3) is 3.55. The average Bonchev–Trinajstić information content (AvgIpc) is 3.42. The lowest BCUT2D eigenvalue weighted by molar-refractivity contribution is -0.132. The van der Waals surface area contributed by atoms with Crippen LogP contribution in [0.4, 0.5) is 0 Å². The molecule has 1 aliphatic heterocycles. The van der Waals surface area contributed by atoms with E-state index in [2.05, 4.69) is 17.1 Å². The number of para-hydroxylation sites is 1. The zero-order valence-electron chi connectivity index (χ0n) is 17.1. The molecular weight excluding hydrogens is 412 g/mol. The molecule has 0 saturated carbocycles. The first-order valence-electron chi connectivity index (χ1n) is 10.2. The van der Waals surface area contributed by atoms with Gasteiger partial charge < -0.3 is 19.4 Å². The fraction of sp³-hybridized carbons (Fsp3) is 0.250. The molecule has 1 aliphatic rings. The molecule has 4 heterocycles. The molecule has 0 spiro atoms. The van der Waals surface area contributed by atoms with E-state index in [-0.39, 0.29) is 18.1 Å². The number of aromatic amines is 1. The molecule has 4 aromatic rings. The van der Waals surface area contributed by atoms with Crippen LogP contribution in [0, 0.1) is 6.92 Å². The van der Waals surface area contributed by atoms with E-state index >= 15 is 0 Å². The summed E-state index contributed by atoms with van der Waals surface area (Å²) >= 11 is 1.50. The maximum atomic E-state index is 13.3. The molecule has 0 saturated heterocycles. The minimum Gasteiger partial charge on any atom is -0.502 e. The Balaban J connectivity index is 1.44. The highest BCUT2D eigenvalue weighted by Crippen LogP contribution is 2.35. The van der Waals surface area contributed by atoms with Gasteiger partial charge in [0.15, 0.2) is 5.76 Å². The molecular formula is C24H22N2O4S. The quantitative estimate of drug-likeness (QED) is 0.501. The van der Waals surface area contributed by atoms with Crippen LogP contribution in [-0.4, -0.2) is 27.4 Å². The van der Waals surface area contributed by atoms with Crippen LogP contribution in [0.3, 0.4) is 0 Å². The van der Waals surface area contributed by atoms with Crippen molar-refractivity contribution in [1.29, 1.82) is 0 Å². The summed E-state index contributed by atoms with van der Waals surface area (Å²) in [7, 11) is 0. The van der Waals surface area contributed by atoms with Gasteiger partial charge in [-0.1, -0.05) is 18.2 Å². The number of nitrogens with zero attached hydrogens (tertiary/aromatic N) is 1. The summed E-state index contributed by atoms with van der Waals surface area (Å²) in [5, 5.41) is 15.4. The minimum absolute atomic E-state index is 0.0379. The Morgan fingerprint density at radius 3 is 2.97 bits per heavy atom. The van der Waals surface area contributed by atoms with Gasteiger partial charge in [-0.15, -0.1) is 0 Å². The van der Waals surface area contributed by atoms with Gasteiger partial charge in [-0.05, 0) is 47.4 Å². The van der Waals surface area contributed by atoms with Crippen molar-refractivity contribution in [1.82, 2.24) is 9.88 Å². The lowest BCUT2D eigenvalue weighted by Gasteiger charge is -2.28. The van der Waals surface area contributed by atoms with E-state index < -0.39 is 17.1 Å². The summed E-state index contributed by atoms with van der Waals surface area (Å²) in [4.78, 5) is 30.7. The molecule has 0 radical (unpaired) electrons. The first kappa shape index (κ1) is 19.6. The second kappa shape index (κ2) is 7.74. The number of rotatable bonds is 4. The van der Waals surface area contributed by atoms with Crippen LogP contribution in [0.25, 0.3) is 10.9 Å². The van der Waals surface area contributed by atoms with E-state index in [1.807, 2.05) is 33.9 Å². The number of hydrogen-bond donors (Lipinski definition) is 2. The maximum Gasteiger partial charge on any atom is 0.227 e. The predicted molar refractivity (Wildman–Crippen MR) is 120 cm³/mol. The van der Waals surface area contributed by atoms with Gasteiger partial charge in [0, 0.05) is 35.6 Å². The topological polar surface area (TPSA) is 86.5 Å². The number of nitrogens with one attached hydrogen (secondary N) is 1. The molecule has 0 fully saturated rings. The predicted octanol–water partition coefficient (Wildman–Crippen LogP) is 4.30. The molecule has 0 aliphatic carbocycles. The Hall–Kier alpha value is -3.32. The molecule has 1 amide bonds. The molecule has 6 nitrogen and oxygen atoms in total. The van der Waals surface area contributed by atoms with Gasteiger partial charge >= 0.3 is 0 Å². The number of benzene rings is 1. The second-order valence-corrected chi connectivity index (χ2v) is 8.72. The van der Waals surface area contributed by atoms with E-state index in [4.69, 9.17) is 4.42 Å². The summed E-state index contributed by atoms with van der Waals surface area (Å²) in [5.74, 6) is -0.420. The summed E-state index contributed by atoms with van der Waals surface area (Å²) in [6.45, 7) is 2.82. The Bertz CT molecular complexity index is 1320. The molecule has 158 valence electrons. The molecule has 1 atom stereocenters. The number of aromatic hydroxyl groups is 1. The summed E-state index contributed by atoms with van der Waals surface area (Å²) in [6, 6.07) is 11.3. The number of carbonyl (C=O) groups is 1. The average molecular weight is 435 g/mol. The lowest BCUT2D eigenvalue weighted by atomic mass is 9.93. The second-order valence-electron chi connectivity index (χ2n) is 7.94. The van der Waals surface area contributed by atoms with Gasteiger partial charge in [-0.2, -0.15) is 11.3 Å². The van der Waals surface area contributed by atoms with Crippen molar-refractivity contribution < 1.29 is 14.3 Å². The highest BCUT2D eigenvalue weighted by molar-refractivity contribution is 7.08. The van der Waals surface area contributed by atoms with Crippen molar-refractivity contribution in [3.63, 3.8) is 0 Å². The Kier molecular flexibility index (Phi) is 4.90. The number of hydrogen-bond acceptors (Lipinski definition) is 5. The normalized spacial score (nSPS) is 14.5. The van der Waals surface area contributed by atoms with Gasteiger partial charge in [-0.3, -0.25) is 9.59 Å². The molecule has 0 bridgehead atoms. The van der Waals surface area contributed by atoms with Crippen molar-refractivity contribution in [3.05, 3.63) is 85.7 Å². The molecule has 2 N–H and O–H groups in total. The minimum atomic E-state index is -0.518. The molecule has 7 heteroatoms. The number of aryl methyl sites for hydroxylation is 1. The first-order chi connectivity index (χ1) is 15.0. The SMILES string of the molecule is Cc1cc(=O)c(O)c(C(CC(=O)N2CCc3c([nH]c4ccccc34)C2)c2ccsc2)o1. The lowest BCUT2D eigenvalue weighted by Crippen LogP contribution is -2.36. The van der Waals surface area contributed by atoms with Gasteiger partial charge in [0.1, 0.15) is 5.76 Å². The van der Waals surface area contributed by atoms with Crippen molar-refractivity contribution in [2.24, 2.45) is 0 Å². The van der Waals surface area contributed by atoms with Crippen molar-refractivity contribution in [3.8, 4) is 5.75 Å². The third-order valence-corrected chi connectivity index (χ3v) is 6.65. The molecule has 31 heavy (non-hydrogen) atoms. The maximum absolute atomic E-state index is 13.3. The van der Waals surface area contributed by atoms with E-state index in [0.717, 1.165) is 23.2 Å². The Morgan fingerprint density at radius 1 is 1.32 bits per heavy atom. The highest BCUT2D eigenvalue weighted by atomic mass is 32.1. The number of aromatic nitrogens is 1. The van der Waals surface area contributed by atoms with E-state index in [9.17, 15) is 14.7 Å². The molecule has 1 aromatic carbocycles. The standard InChI is InChI=1S/C24H22N2O4S/c1-14-10-21(27)23(29)24(30-14)18(15-7-9-31-13-15)11-22(28)26-8-6-17-16-4-2-3-5-19(16)25-20(17)12-26/h2-5,7,9-10,13,18,25,29H,6,8,11-12H2,1H3. The van der Waals surface area contributed by atoms with Gasteiger partial charge in [-0.25, -0.2) is 0 Å². The van der Waals surface area contributed by atoms with Crippen LogP contribution in [0.1, 0.15) is 40.7 Å². The van der Waals surface area contributed by atoms with Crippen LogP contribution < -0.4 is 5.43 Å². The molecule has 3 aromatic heterocycles. The fourth-order valence-electron chi connectivity index (χ4n) is 4.41. The monoisotopic (exact) mass is 434 g/mol. The number of thiophene rings is 1. The molecule has 1 unspecified atom stereocenters. The van der Waals surface area contributed by atoms with Crippen LogP contribution in [0.5, 0.6) is 5.75 Å². The van der Waals surface area contributed by atoms with Gasteiger partial charge in [0.05, 0.1) is 12.5 Å². The number of carbonyl (C=O) groups excluding carboxylic acids is 1. The van der Waals surface area contributed by atoms with Crippen LogP contribution in [-0.2, 0) is 17.8 Å². The fourth-order valence-corrected chi connectivity index (χ4v) is 5.12. The van der Waals surface area contributed by atoms with Crippen molar-refractivity contribution in [2.75, 3.05) is 6.54 Å². The summed E-state index contributed by atoms with van der Waals surface area (Å²) in [5.41, 5.74) is 3.79. The van der Waals surface area contributed by atoms with Crippen molar-refractivity contribution in [2.45, 2.75) is 32.2 Å². The van der Waals surface area contributed by atoms with Gasteiger partial charge in [0.2, 0.25) is 17.1 Å².